The lowest BCUT2D eigenvalue weighted by Crippen LogP contribution is -2.36. The average molecular weight is 297 g/mol. The van der Waals surface area contributed by atoms with Gasteiger partial charge in [0.05, 0.1) is 17.4 Å². The van der Waals surface area contributed by atoms with Crippen LogP contribution in [-0.2, 0) is 4.79 Å². The number of hydrogen-bond donors (Lipinski definition) is 2. The molecule has 1 aromatic heterocycles. The number of fused-ring (bicyclic) bond motifs is 1. The second-order valence-corrected chi connectivity index (χ2v) is 6.41. The largest absolute Gasteiger partial charge is 0.330 e. The first kappa shape index (κ1) is 15.0. The molecule has 0 atom stereocenters. The molecule has 0 bridgehead atoms. The molecule has 0 radical (unpaired) electrons. The Morgan fingerprint density at radius 2 is 2.00 bits per heavy atom. The number of aromatic nitrogens is 1. The van der Waals surface area contributed by atoms with Gasteiger partial charge in [0, 0.05) is 11.8 Å². The zero-order valence-corrected chi connectivity index (χ0v) is 12.8. The first-order valence-corrected chi connectivity index (χ1v) is 8.06. The van der Waals surface area contributed by atoms with Gasteiger partial charge in [-0.2, -0.15) is 0 Å². The van der Waals surface area contributed by atoms with Crippen LogP contribution in [0.5, 0.6) is 0 Å². The van der Waals surface area contributed by atoms with Crippen LogP contribution in [0.4, 0.5) is 5.69 Å². The first-order chi connectivity index (χ1) is 10.7. The molecule has 1 aliphatic rings. The van der Waals surface area contributed by atoms with E-state index in [1.165, 1.54) is 19.3 Å². The Morgan fingerprint density at radius 1 is 1.23 bits per heavy atom. The van der Waals surface area contributed by atoms with E-state index in [9.17, 15) is 4.79 Å². The Balaban J connectivity index is 1.69. The van der Waals surface area contributed by atoms with E-state index in [0.717, 1.165) is 29.4 Å². The summed E-state index contributed by atoms with van der Waals surface area (Å²) in [4.78, 5) is 16.8. The fourth-order valence-electron chi connectivity index (χ4n) is 3.44. The lowest BCUT2D eigenvalue weighted by molar-refractivity contribution is -0.118. The standard InChI is InChI=1S/C18H23N3O/c19-13-18(8-4-1-5-9-18)11-17(22)21-15-10-14-6-2-3-7-16(14)20-12-15/h2-3,6-7,10,12H,1,4-5,8-9,11,13,19H2,(H,21,22). The van der Waals surface area contributed by atoms with Gasteiger partial charge >= 0.3 is 0 Å². The van der Waals surface area contributed by atoms with Gasteiger partial charge in [-0.05, 0) is 36.9 Å². The number of carbonyl (C=O) groups is 1. The molecule has 4 heteroatoms. The molecule has 4 nitrogen and oxygen atoms in total. The molecule has 22 heavy (non-hydrogen) atoms. The lowest BCUT2D eigenvalue weighted by atomic mass is 9.71. The molecular formula is C18H23N3O. The topological polar surface area (TPSA) is 68.0 Å². The van der Waals surface area contributed by atoms with Crippen molar-refractivity contribution in [3.63, 3.8) is 0 Å². The van der Waals surface area contributed by atoms with Gasteiger partial charge in [0.25, 0.3) is 0 Å². The number of para-hydroxylation sites is 1. The Hall–Kier alpha value is -1.94. The van der Waals surface area contributed by atoms with E-state index in [1.54, 1.807) is 6.20 Å². The van der Waals surface area contributed by atoms with Gasteiger partial charge in [-0.1, -0.05) is 37.5 Å². The van der Waals surface area contributed by atoms with Gasteiger partial charge < -0.3 is 11.1 Å². The highest BCUT2D eigenvalue weighted by Gasteiger charge is 2.32. The monoisotopic (exact) mass is 297 g/mol. The van der Waals surface area contributed by atoms with Crippen LogP contribution in [0, 0.1) is 5.41 Å². The third-order valence-electron chi connectivity index (χ3n) is 4.76. The summed E-state index contributed by atoms with van der Waals surface area (Å²) in [5.41, 5.74) is 7.65. The van der Waals surface area contributed by atoms with Gasteiger partial charge in [0.15, 0.2) is 0 Å². The van der Waals surface area contributed by atoms with Crippen molar-refractivity contribution in [1.29, 1.82) is 0 Å². The zero-order valence-electron chi connectivity index (χ0n) is 12.8. The van der Waals surface area contributed by atoms with Crippen LogP contribution in [0.25, 0.3) is 10.9 Å². The molecule has 3 rings (SSSR count). The molecule has 2 aromatic rings. The maximum atomic E-state index is 12.4. The minimum absolute atomic E-state index is 0.00733. The highest BCUT2D eigenvalue weighted by molar-refractivity contribution is 5.93. The van der Waals surface area contributed by atoms with Crippen LogP contribution < -0.4 is 11.1 Å². The molecule has 1 saturated carbocycles. The minimum Gasteiger partial charge on any atom is -0.330 e. The van der Waals surface area contributed by atoms with Crippen molar-refractivity contribution in [3.05, 3.63) is 36.5 Å². The SMILES string of the molecule is NCC1(CC(=O)Nc2cnc3ccccc3c2)CCCCC1. The Morgan fingerprint density at radius 3 is 2.77 bits per heavy atom. The number of nitrogens with zero attached hydrogens (tertiary/aromatic N) is 1. The van der Waals surface area contributed by atoms with Crippen molar-refractivity contribution in [1.82, 2.24) is 4.98 Å². The van der Waals surface area contributed by atoms with Crippen LogP contribution in [0.2, 0.25) is 0 Å². The van der Waals surface area contributed by atoms with E-state index in [0.29, 0.717) is 13.0 Å². The number of rotatable bonds is 4. The predicted octanol–water partition coefficient (Wildman–Crippen LogP) is 3.47. The van der Waals surface area contributed by atoms with E-state index in [-0.39, 0.29) is 11.3 Å². The van der Waals surface area contributed by atoms with E-state index < -0.39 is 0 Å². The van der Waals surface area contributed by atoms with Crippen LogP contribution in [0.15, 0.2) is 36.5 Å². The number of anilines is 1. The minimum atomic E-state index is -0.00733. The van der Waals surface area contributed by atoms with Gasteiger partial charge in [0.2, 0.25) is 5.91 Å². The number of carbonyl (C=O) groups excluding carboxylic acids is 1. The smallest absolute Gasteiger partial charge is 0.225 e. The van der Waals surface area contributed by atoms with E-state index in [1.807, 2.05) is 30.3 Å². The van der Waals surface area contributed by atoms with Gasteiger partial charge in [-0.15, -0.1) is 0 Å². The number of pyridine rings is 1. The Labute approximate surface area is 131 Å². The van der Waals surface area contributed by atoms with Gasteiger partial charge in [-0.25, -0.2) is 0 Å². The first-order valence-electron chi connectivity index (χ1n) is 8.06. The molecule has 1 amide bonds. The maximum absolute atomic E-state index is 12.4. The van der Waals surface area contributed by atoms with Crippen molar-refractivity contribution in [2.75, 3.05) is 11.9 Å². The number of nitrogens with one attached hydrogen (secondary N) is 1. The molecule has 1 aromatic carbocycles. The van der Waals surface area contributed by atoms with E-state index in [2.05, 4.69) is 10.3 Å². The van der Waals surface area contributed by atoms with Crippen LogP contribution in [0.1, 0.15) is 38.5 Å². The highest BCUT2D eigenvalue weighted by atomic mass is 16.1. The molecular weight excluding hydrogens is 274 g/mol. The van der Waals surface area contributed by atoms with Crippen LogP contribution >= 0.6 is 0 Å². The second-order valence-electron chi connectivity index (χ2n) is 6.41. The van der Waals surface area contributed by atoms with Crippen molar-refractivity contribution < 1.29 is 4.79 Å². The predicted molar refractivity (Wildman–Crippen MR) is 89.6 cm³/mol. The van der Waals surface area contributed by atoms with E-state index in [4.69, 9.17) is 5.73 Å². The molecule has 1 heterocycles. The second kappa shape index (κ2) is 6.44. The molecule has 0 unspecified atom stereocenters. The third kappa shape index (κ3) is 3.28. The summed E-state index contributed by atoms with van der Waals surface area (Å²) in [5, 5.41) is 4.02. The summed E-state index contributed by atoms with van der Waals surface area (Å²) >= 11 is 0. The summed E-state index contributed by atoms with van der Waals surface area (Å²) < 4.78 is 0. The molecule has 0 aliphatic heterocycles. The molecule has 0 spiro atoms. The number of nitrogens with two attached hydrogens (primary N) is 1. The molecule has 1 aliphatic carbocycles. The summed E-state index contributed by atoms with van der Waals surface area (Å²) in [6.45, 7) is 0.594. The lowest BCUT2D eigenvalue weighted by Gasteiger charge is -2.35. The summed E-state index contributed by atoms with van der Waals surface area (Å²) in [7, 11) is 0. The molecule has 116 valence electrons. The maximum Gasteiger partial charge on any atom is 0.225 e. The highest BCUT2D eigenvalue weighted by Crippen LogP contribution is 2.38. The van der Waals surface area contributed by atoms with Crippen LogP contribution in [0.3, 0.4) is 0 Å². The van der Waals surface area contributed by atoms with Crippen molar-refractivity contribution in [2.45, 2.75) is 38.5 Å². The molecule has 1 fully saturated rings. The van der Waals surface area contributed by atoms with Gasteiger partial charge in [0.1, 0.15) is 0 Å². The molecule has 0 saturated heterocycles. The number of hydrogen-bond acceptors (Lipinski definition) is 3. The summed E-state index contributed by atoms with van der Waals surface area (Å²) in [6, 6.07) is 9.87. The van der Waals surface area contributed by atoms with Crippen molar-refractivity contribution in [2.24, 2.45) is 11.1 Å². The fraction of sp³-hybridized carbons (Fsp3) is 0.444. The van der Waals surface area contributed by atoms with Gasteiger partial charge in [-0.3, -0.25) is 9.78 Å². The number of amides is 1. The van der Waals surface area contributed by atoms with Crippen molar-refractivity contribution >= 4 is 22.5 Å². The zero-order chi connectivity index (χ0) is 15.4. The van der Waals surface area contributed by atoms with E-state index >= 15 is 0 Å². The Bertz CT molecular complexity index is 662. The average Bonchev–Trinajstić information content (AvgIpc) is 2.55. The third-order valence-corrected chi connectivity index (χ3v) is 4.76. The van der Waals surface area contributed by atoms with Crippen LogP contribution in [-0.4, -0.2) is 17.4 Å². The van der Waals surface area contributed by atoms with Crippen molar-refractivity contribution in [3.8, 4) is 0 Å². The number of benzene rings is 1. The fourth-order valence-corrected chi connectivity index (χ4v) is 3.44. The Kier molecular flexibility index (Phi) is 4.39. The summed E-state index contributed by atoms with van der Waals surface area (Å²) in [5.74, 6) is 0.0458. The summed E-state index contributed by atoms with van der Waals surface area (Å²) in [6.07, 6.45) is 7.98. The normalized spacial score (nSPS) is 17.3. The quantitative estimate of drug-likeness (QED) is 0.908. The molecule has 3 N–H and O–H groups in total.